The topological polar surface area (TPSA) is 95.4 Å². The molecule has 0 atom stereocenters. The Bertz CT molecular complexity index is 1510. The van der Waals surface area contributed by atoms with Gasteiger partial charge in [0, 0.05) is 50.8 Å². The van der Waals surface area contributed by atoms with Crippen LogP contribution in [0.4, 0.5) is 28.8 Å². The Morgan fingerprint density at radius 1 is 0.865 bits per heavy atom. The highest BCUT2D eigenvalue weighted by Gasteiger charge is 2.23. The molecule has 0 radical (unpaired) electrons. The van der Waals surface area contributed by atoms with Crippen LogP contribution in [0.2, 0.25) is 0 Å². The summed E-state index contributed by atoms with van der Waals surface area (Å²) in [6, 6.07) is 17.1. The van der Waals surface area contributed by atoms with Gasteiger partial charge < -0.3 is 25.0 Å². The molecule has 4 aromatic rings. The van der Waals surface area contributed by atoms with Crippen molar-refractivity contribution in [2.45, 2.75) is 24.0 Å². The molecule has 0 aliphatic carbocycles. The molecule has 0 bridgehead atoms. The van der Waals surface area contributed by atoms with E-state index in [-0.39, 0.29) is 4.90 Å². The summed E-state index contributed by atoms with van der Waals surface area (Å²) in [7, 11) is 0.578. The van der Waals surface area contributed by atoms with Crippen LogP contribution < -0.4 is 15.5 Å². The Labute approximate surface area is 218 Å². The normalized spacial score (nSPS) is 14.9. The van der Waals surface area contributed by atoms with Crippen molar-refractivity contribution in [1.82, 2.24) is 19.4 Å². The molecule has 3 heterocycles. The predicted molar refractivity (Wildman–Crippen MR) is 150 cm³/mol. The second-order valence-electron chi connectivity index (χ2n) is 9.73. The number of fused-ring (bicyclic) bond motifs is 1. The summed E-state index contributed by atoms with van der Waals surface area (Å²) in [4.78, 5) is 14.4. The zero-order chi connectivity index (χ0) is 26.2. The zero-order valence-corrected chi connectivity index (χ0v) is 22.5. The Kier molecular flexibility index (Phi) is 6.78. The van der Waals surface area contributed by atoms with Gasteiger partial charge in [-0.2, -0.15) is 4.98 Å². The number of likely N-dealkylation sites (N-methyl/N-ethyl adjacent to an activating group) is 1. The van der Waals surface area contributed by atoms with Crippen molar-refractivity contribution in [3.63, 3.8) is 0 Å². The zero-order valence-electron chi connectivity index (χ0n) is 21.6. The highest BCUT2D eigenvalue weighted by molar-refractivity contribution is 7.92. The molecule has 194 valence electrons. The van der Waals surface area contributed by atoms with E-state index in [0.717, 1.165) is 42.9 Å². The number of nitrogens with one attached hydrogen (secondary N) is 2. The van der Waals surface area contributed by atoms with Gasteiger partial charge >= 0.3 is 0 Å². The number of rotatable bonds is 7. The molecule has 0 spiro atoms. The van der Waals surface area contributed by atoms with E-state index in [4.69, 9.17) is 9.97 Å². The molecule has 1 saturated heterocycles. The highest BCUT2D eigenvalue weighted by atomic mass is 32.2. The fourth-order valence-corrected chi connectivity index (χ4v) is 5.69. The van der Waals surface area contributed by atoms with E-state index >= 15 is 0 Å². The van der Waals surface area contributed by atoms with Crippen LogP contribution in [-0.2, 0) is 16.9 Å². The smallest absolute Gasteiger partial charge is 0.229 e. The monoisotopic (exact) mass is 519 g/mol. The average molecular weight is 520 g/mol. The van der Waals surface area contributed by atoms with E-state index in [2.05, 4.69) is 39.6 Å². The maximum atomic E-state index is 13.0. The summed E-state index contributed by atoms with van der Waals surface area (Å²) in [5.74, 6) is 0.957. The van der Waals surface area contributed by atoms with Gasteiger partial charge in [-0.1, -0.05) is 12.1 Å². The minimum Gasteiger partial charge on any atom is -0.369 e. The highest BCUT2D eigenvalue weighted by Crippen LogP contribution is 2.31. The Hall–Kier alpha value is -3.63. The molecular formula is C27H33N7O2S. The Morgan fingerprint density at radius 3 is 2.27 bits per heavy atom. The summed E-state index contributed by atoms with van der Waals surface area (Å²) in [5, 5.41) is 6.06. The number of piperazine rings is 1. The molecule has 10 heteroatoms. The van der Waals surface area contributed by atoms with Crippen LogP contribution in [-0.4, -0.2) is 66.3 Å². The van der Waals surface area contributed by atoms with Crippen LogP contribution in [0.1, 0.15) is 13.8 Å². The third kappa shape index (κ3) is 5.12. The third-order valence-corrected chi connectivity index (χ3v) is 8.99. The van der Waals surface area contributed by atoms with Crippen molar-refractivity contribution in [2.24, 2.45) is 7.05 Å². The van der Waals surface area contributed by atoms with Crippen molar-refractivity contribution in [1.29, 1.82) is 0 Å². The van der Waals surface area contributed by atoms with Crippen LogP contribution in [0.3, 0.4) is 0 Å². The standard InChI is InChI=1S/C27H33N7O2S/c1-19(2)37(35,36)24-8-6-5-7-22(24)29-26-25-23(13-14-33(25)4)30-27(31-26)28-20-9-11-21(12-10-20)34-17-15-32(3)16-18-34/h5-14,19H,15-18H2,1-4H3,(H2,28,29,30,31). The first-order valence-corrected chi connectivity index (χ1v) is 14.0. The SMILES string of the molecule is CC(C)S(=O)(=O)c1ccccc1Nc1nc(Nc2ccc(N3CCN(C)CC3)cc2)nc2ccn(C)c12. The van der Waals surface area contributed by atoms with Gasteiger partial charge in [-0.3, -0.25) is 0 Å². The molecule has 1 aliphatic rings. The maximum absolute atomic E-state index is 13.0. The van der Waals surface area contributed by atoms with E-state index in [9.17, 15) is 8.42 Å². The van der Waals surface area contributed by atoms with Crippen molar-refractivity contribution >= 4 is 49.7 Å². The third-order valence-electron chi connectivity index (χ3n) is 6.78. The second-order valence-corrected chi connectivity index (χ2v) is 12.2. The number of aromatic nitrogens is 3. The predicted octanol–water partition coefficient (Wildman–Crippen LogP) is 4.39. The summed E-state index contributed by atoms with van der Waals surface area (Å²) >= 11 is 0. The van der Waals surface area contributed by atoms with Crippen LogP contribution in [0.5, 0.6) is 0 Å². The molecule has 5 rings (SSSR count). The molecule has 1 aliphatic heterocycles. The van der Waals surface area contributed by atoms with Crippen molar-refractivity contribution < 1.29 is 8.42 Å². The van der Waals surface area contributed by atoms with E-state index in [1.165, 1.54) is 5.69 Å². The van der Waals surface area contributed by atoms with Gasteiger partial charge in [0.15, 0.2) is 15.7 Å². The van der Waals surface area contributed by atoms with Gasteiger partial charge in [-0.25, -0.2) is 13.4 Å². The molecule has 2 aromatic carbocycles. The van der Waals surface area contributed by atoms with Gasteiger partial charge in [0.1, 0.15) is 5.52 Å². The van der Waals surface area contributed by atoms with E-state index < -0.39 is 15.1 Å². The molecule has 0 unspecified atom stereocenters. The van der Waals surface area contributed by atoms with Crippen molar-refractivity contribution in [2.75, 3.05) is 48.8 Å². The van der Waals surface area contributed by atoms with E-state index in [1.807, 2.05) is 42.1 Å². The lowest BCUT2D eigenvalue weighted by Gasteiger charge is -2.34. The lowest BCUT2D eigenvalue weighted by molar-refractivity contribution is 0.313. The summed E-state index contributed by atoms with van der Waals surface area (Å²) in [6.45, 7) is 7.51. The molecule has 0 amide bonds. The summed E-state index contributed by atoms with van der Waals surface area (Å²) in [5.41, 5.74) is 4.10. The van der Waals surface area contributed by atoms with E-state index in [1.54, 1.807) is 32.0 Å². The van der Waals surface area contributed by atoms with E-state index in [0.29, 0.717) is 17.5 Å². The number of hydrogen-bond acceptors (Lipinski definition) is 8. The minimum absolute atomic E-state index is 0.250. The van der Waals surface area contributed by atoms with Gasteiger partial charge in [0.25, 0.3) is 0 Å². The molecule has 1 fully saturated rings. The second kappa shape index (κ2) is 10.0. The molecule has 37 heavy (non-hydrogen) atoms. The average Bonchev–Trinajstić information content (AvgIpc) is 3.26. The number of hydrogen-bond donors (Lipinski definition) is 2. The Balaban J connectivity index is 1.45. The van der Waals surface area contributed by atoms with Gasteiger partial charge in [0.2, 0.25) is 5.95 Å². The summed E-state index contributed by atoms with van der Waals surface area (Å²) in [6.07, 6.45) is 1.91. The largest absolute Gasteiger partial charge is 0.369 e. The number of para-hydroxylation sites is 1. The Morgan fingerprint density at radius 2 is 1.57 bits per heavy atom. The first-order chi connectivity index (χ1) is 17.7. The fraction of sp³-hybridized carbons (Fsp3) is 0.333. The lowest BCUT2D eigenvalue weighted by Crippen LogP contribution is -2.44. The van der Waals surface area contributed by atoms with Crippen molar-refractivity contribution in [3.05, 3.63) is 60.8 Å². The first kappa shape index (κ1) is 25.0. The molecule has 2 aromatic heterocycles. The van der Waals surface area contributed by atoms with Crippen LogP contribution in [0.25, 0.3) is 11.0 Å². The van der Waals surface area contributed by atoms with Crippen LogP contribution >= 0.6 is 0 Å². The van der Waals surface area contributed by atoms with Crippen LogP contribution in [0, 0.1) is 0 Å². The molecule has 2 N–H and O–H groups in total. The minimum atomic E-state index is -3.49. The lowest BCUT2D eigenvalue weighted by atomic mass is 10.2. The first-order valence-electron chi connectivity index (χ1n) is 12.5. The van der Waals surface area contributed by atoms with Crippen molar-refractivity contribution in [3.8, 4) is 0 Å². The van der Waals surface area contributed by atoms with Gasteiger partial charge in [-0.15, -0.1) is 0 Å². The number of aryl methyl sites for hydroxylation is 1. The van der Waals surface area contributed by atoms with Gasteiger partial charge in [0.05, 0.1) is 21.3 Å². The van der Waals surface area contributed by atoms with Crippen LogP contribution in [0.15, 0.2) is 65.7 Å². The quantitative estimate of drug-likeness (QED) is 0.371. The maximum Gasteiger partial charge on any atom is 0.229 e. The molecular weight excluding hydrogens is 486 g/mol. The molecule has 9 nitrogen and oxygen atoms in total. The number of nitrogens with zero attached hydrogens (tertiary/aromatic N) is 5. The summed E-state index contributed by atoms with van der Waals surface area (Å²) < 4.78 is 27.9. The number of benzene rings is 2. The fourth-order valence-electron chi connectivity index (χ4n) is 4.48. The number of sulfone groups is 1. The molecule has 0 saturated carbocycles. The number of anilines is 5. The van der Waals surface area contributed by atoms with Gasteiger partial charge in [-0.05, 0) is 63.4 Å².